The van der Waals surface area contributed by atoms with Crippen molar-refractivity contribution in [2.75, 3.05) is 6.54 Å². The average Bonchev–Trinajstić information content (AvgIpc) is 2.29. The molecule has 0 aromatic carbocycles. The summed E-state index contributed by atoms with van der Waals surface area (Å²) in [5, 5.41) is 3.52. The molecule has 0 aliphatic rings. The van der Waals surface area contributed by atoms with Gasteiger partial charge in [0.1, 0.15) is 0 Å². The number of nitrogens with one attached hydrogen (secondary N) is 1. The summed E-state index contributed by atoms with van der Waals surface area (Å²) in [5.74, 6) is 0. The molecular formula is C13H22N2. The second kappa shape index (κ2) is 7.41. The lowest BCUT2D eigenvalue weighted by atomic mass is 10.0. The molecule has 0 aliphatic heterocycles. The molecule has 1 aromatic heterocycles. The van der Waals surface area contributed by atoms with Crippen LogP contribution in [0, 0.1) is 0 Å². The number of hydrogen-bond acceptors (Lipinski definition) is 2. The van der Waals surface area contributed by atoms with Gasteiger partial charge in [0.05, 0.1) is 0 Å². The molecule has 0 saturated heterocycles. The maximum atomic E-state index is 4.18. The minimum Gasteiger partial charge on any atom is -0.310 e. The molecule has 1 heterocycles. The summed E-state index contributed by atoms with van der Waals surface area (Å²) in [6, 6.07) is 4.65. The molecule has 1 rings (SSSR count). The number of hydrogen-bond donors (Lipinski definition) is 1. The van der Waals surface area contributed by atoms with Crippen molar-refractivity contribution in [1.82, 2.24) is 10.3 Å². The SMILES string of the molecule is CCCCCC(NCC)c1cccnc1. The predicted molar refractivity (Wildman–Crippen MR) is 64.8 cm³/mol. The van der Waals surface area contributed by atoms with Crippen LogP contribution in [0.5, 0.6) is 0 Å². The maximum Gasteiger partial charge on any atom is 0.0335 e. The molecule has 0 radical (unpaired) electrons. The van der Waals surface area contributed by atoms with Gasteiger partial charge in [0, 0.05) is 18.4 Å². The highest BCUT2D eigenvalue weighted by atomic mass is 14.9. The highest BCUT2D eigenvalue weighted by molar-refractivity contribution is 5.13. The first kappa shape index (κ1) is 12.2. The molecule has 1 atom stereocenters. The van der Waals surface area contributed by atoms with E-state index in [2.05, 4.69) is 30.2 Å². The van der Waals surface area contributed by atoms with Crippen molar-refractivity contribution in [3.05, 3.63) is 30.1 Å². The van der Waals surface area contributed by atoms with Crippen molar-refractivity contribution in [2.24, 2.45) is 0 Å². The van der Waals surface area contributed by atoms with Gasteiger partial charge in [-0.15, -0.1) is 0 Å². The standard InChI is InChI=1S/C13H22N2/c1-3-5-6-9-13(15-4-2)12-8-7-10-14-11-12/h7-8,10-11,13,15H,3-6,9H2,1-2H3. The topological polar surface area (TPSA) is 24.9 Å². The van der Waals surface area contributed by atoms with Gasteiger partial charge in [0.25, 0.3) is 0 Å². The van der Waals surface area contributed by atoms with Crippen molar-refractivity contribution < 1.29 is 0 Å². The van der Waals surface area contributed by atoms with E-state index in [1.165, 1.54) is 31.2 Å². The molecule has 1 N–H and O–H groups in total. The predicted octanol–water partition coefficient (Wildman–Crippen LogP) is 3.31. The minimum absolute atomic E-state index is 0.482. The van der Waals surface area contributed by atoms with Crippen LogP contribution >= 0.6 is 0 Å². The summed E-state index contributed by atoms with van der Waals surface area (Å²) in [6.45, 7) is 5.42. The summed E-state index contributed by atoms with van der Waals surface area (Å²) in [6.07, 6.45) is 8.92. The van der Waals surface area contributed by atoms with E-state index >= 15 is 0 Å². The van der Waals surface area contributed by atoms with Crippen molar-refractivity contribution in [3.8, 4) is 0 Å². The maximum absolute atomic E-state index is 4.18. The third-order valence-electron chi connectivity index (χ3n) is 2.63. The molecule has 1 aromatic rings. The largest absolute Gasteiger partial charge is 0.310 e. The Morgan fingerprint density at radius 2 is 2.20 bits per heavy atom. The van der Waals surface area contributed by atoms with Crippen LogP contribution in [0.2, 0.25) is 0 Å². The second-order valence-electron chi connectivity index (χ2n) is 3.89. The van der Waals surface area contributed by atoms with E-state index in [1.54, 1.807) is 0 Å². The van der Waals surface area contributed by atoms with E-state index in [-0.39, 0.29) is 0 Å². The van der Waals surface area contributed by atoms with Gasteiger partial charge in [0.2, 0.25) is 0 Å². The Morgan fingerprint density at radius 3 is 2.80 bits per heavy atom. The van der Waals surface area contributed by atoms with Crippen molar-refractivity contribution >= 4 is 0 Å². The Bertz CT molecular complexity index is 246. The van der Waals surface area contributed by atoms with Crippen LogP contribution in [-0.4, -0.2) is 11.5 Å². The van der Waals surface area contributed by atoms with Crippen LogP contribution in [0.15, 0.2) is 24.5 Å². The van der Waals surface area contributed by atoms with Crippen molar-refractivity contribution in [1.29, 1.82) is 0 Å². The van der Waals surface area contributed by atoms with Crippen molar-refractivity contribution in [2.45, 2.75) is 45.6 Å². The minimum atomic E-state index is 0.482. The summed E-state index contributed by atoms with van der Waals surface area (Å²) >= 11 is 0. The van der Waals surface area contributed by atoms with Gasteiger partial charge in [-0.1, -0.05) is 39.2 Å². The monoisotopic (exact) mass is 206 g/mol. The van der Waals surface area contributed by atoms with Gasteiger partial charge in [-0.05, 0) is 24.6 Å². The van der Waals surface area contributed by atoms with Crippen LogP contribution in [0.1, 0.15) is 51.1 Å². The Morgan fingerprint density at radius 1 is 1.33 bits per heavy atom. The number of rotatable bonds is 7. The second-order valence-corrected chi connectivity index (χ2v) is 3.89. The van der Waals surface area contributed by atoms with Crippen LogP contribution in [0.25, 0.3) is 0 Å². The fourth-order valence-electron chi connectivity index (χ4n) is 1.81. The lowest BCUT2D eigenvalue weighted by Gasteiger charge is -2.17. The van der Waals surface area contributed by atoms with Gasteiger partial charge in [-0.25, -0.2) is 0 Å². The third kappa shape index (κ3) is 4.43. The van der Waals surface area contributed by atoms with E-state index < -0.39 is 0 Å². The molecule has 0 aliphatic carbocycles. The fraction of sp³-hybridized carbons (Fsp3) is 0.615. The van der Waals surface area contributed by atoms with Gasteiger partial charge in [0.15, 0.2) is 0 Å². The van der Waals surface area contributed by atoms with E-state index in [0.717, 1.165) is 6.54 Å². The zero-order valence-corrected chi connectivity index (χ0v) is 9.87. The summed E-state index contributed by atoms with van der Waals surface area (Å²) in [4.78, 5) is 4.18. The van der Waals surface area contributed by atoms with Gasteiger partial charge < -0.3 is 5.32 Å². The molecule has 0 bridgehead atoms. The van der Waals surface area contributed by atoms with Crippen LogP contribution in [0.3, 0.4) is 0 Å². The first-order chi connectivity index (χ1) is 7.38. The molecule has 2 heteroatoms. The number of unbranched alkanes of at least 4 members (excludes halogenated alkanes) is 2. The summed E-state index contributed by atoms with van der Waals surface area (Å²) in [7, 11) is 0. The molecule has 84 valence electrons. The lowest BCUT2D eigenvalue weighted by molar-refractivity contribution is 0.485. The molecule has 2 nitrogen and oxygen atoms in total. The van der Waals surface area contributed by atoms with E-state index in [0.29, 0.717) is 6.04 Å². The van der Waals surface area contributed by atoms with Gasteiger partial charge in [-0.2, -0.15) is 0 Å². The molecule has 0 saturated carbocycles. The molecular weight excluding hydrogens is 184 g/mol. The highest BCUT2D eigenvalue weighted by Crippen LogP contribution is 2.18. The molecule has 1 unspecified atom stereocenters. The van der Waals surface area contributed by atoms with Gasteiger partial charge in [-0.3, -0.25) is 4.98 Å². The third-order valence-corrected chi connectivity index (χ3v) is 2.63. The summed E-state index contributed by atoms with van der Waals surface area (Å²) in [5.41, 5.74) is 1.32. The number of nitrogens with zero attached hydrogens (tertiary/aromatic N) is 1. The van der Waals surface area contributed by atoms with Crippen molar-refractivity contribution in [3.63, 3.8) is 0 Å². The Hall–Kier alpha value is -0.890. The van der Waals surface area contributed by atoms with E-state index in [9.17, 15) is 0 Å². The smallest absolute Gasteiger partial charge is 0.0335 e. The Balaban J connectivity index is 2.50. The average molecular weight is 206 g/mol. The first-order valence-electron chi connectivity index (χ1n) is 6.01. The lowest BCUT2D eigenvalue weighted by Crippen LogP contribution is -2.20. The first-order valence-corrected chi connectivity index (χ1v) is 6.01. The van der Waals surface area contributed by atoms with Gasteiger partial charge >= 0.3 is 0 Å². The Labute approximate surface area is 93.1 Å². The summed E-state index contributed by atoms with van der Waals surface area (Å²) < 4.78 is 0. The van der Waals surface area contributed by atoms with E-state index in [1.807, 2.05) is 18.5 Å². The molecule has 0 spiro atoms. The van der Waals surface area contributed by atoms with Crippen LogP contribution in [0.4, 0.5) is 0 Å². The number of pyridine rings is 1. The molecule has 15 heavy (non-hydrogen) atoms. The molecule has 0 fully saturated rings. The normalized spacial score (nSPS) is 12.7. The zero-order chi connectivity index (χ0) is 10.9. The van der Waals surface area contributed by atoms with E-state index in [4.69, 9.17) is 0 Å². The zero-order valence-electron chi connectivity index (χ0n) is 9.87. The quantitative estimate of drug-likeness (QED) is 0.692. The fourth-order valence-corrected chi connectivity index (χ4v) is 1.81. The number of aromatic nitrogens is 1. The Kier molecular flexibility index (Phi) is 6.02. The van der Waals surface area contributed by atoms with Crippen LogP contribution in [-0.2, 0) is 0 Å². The highest BCUT2D eigenvalue weighted by Gasteiger charge is 2.08. The molecule has 0 amide bonds. The van der Waals surface area contributed by atoms with Crippen LogP contribution < -0.4 is 5.32 Å².